The van der Waals surface area contributed by atoms with E-state index in [-0.39, 0.29) is 10.8 Å². The highest BCUT2D eigenvalue weighted by atomic mass is 16.5. The van der Waals surface area contributed by atoms with Crippen LogP contribution in [0.1, 0.15) is 68.2 Å². The van der Waals surface area contributed by atoms with Gasteiger partial charge in [-0.1, -0.05) is 129 Å². The Morgan fingerprint density at radius 3 is 1.88 bits per heavy atom. The van der Waals surface area contributed by atoms with E-state index in [1.165, 1.54) is 71.0 Å². The van der Waals surface area contributed by atoms with Gasteiger partial charge in [-0.05, 0) is 119 Å². The lowest BCUT2D eigenvalue weighted by molar-refractivity contribution is -0.0399. The molecule has 0 N–H and O–H groups in total. The highest BCUT2D eigenvalue weighted by Gasteiger charge is 2.62. The van der Waals surface area contributed by atoms with Crippen LogP contribution < -0.4 is 4.74 Å². The first-order valence-electron chi connectivity index (χ1n) is 20.7. The van der Waals surface area contributed by atoms with E-state index in [0.717, 1.165) is 57.2 Å². The topological polar surface area (TPSA) is 35.0 Å². The molecule has 2 heterocycles. The summed E-state index contributed by atoms with van der Waals surface area (Å²) in [5.74, 6) is 5.77. The van der Waals surface area contributed by atoms with Gasteiger partial charge in [-0.15, -0.1) is 0 Å². The van der Waals surface area contributed by atoms with Crippen LogP contribution in [0.15, 0.2) is 146 Å². The van der Waals surface area contributed by atoms with Crippen LogP contribution in [-0.2, 0) is 10.8 Å². The van der Waals surface area contributed by atoms with Crippen molar-refractivity contribution in [2.24, 2.45) is 23.7 Å². The van der Waals surface area contributed by atoms with Crippen LogP contribution in [0, 0.1) is 23.7 Å². The summed E-state index contributed by atoms with van der Waals surface area (Å²) in [5.41, 5.74) is 15.8. The molecule has 0 radical (unpaired) electrons. The zero-order valence-electron chi connectivity index (χ0n) is 32.0. The van der Waals surface area contributed by atoms with Gasteiger partial charge in [0, 0.05) is 38.6 Å². The number of benzene rings is 6. The molecule has 4 saturated carbocycles. The third-order valence-electron chi connectivity index (χ3n) is 14.5. The molecule has 6 aromatic carbocycles. The number of hydrogen-bond donors (Lipinski definition) is 0. The van der Waals surface area contributed by atoms with Crippen molar-refractivity contribution < 1.29 is 4.74 Å². The summed E-state index contributed by atoms with van der Waals surface area (Å²) in [6.45, 7) is 4.81. The summed E-state index contributed by atoms with van der Waals surface area (Å²) < 4.78 is 6.77. The second kappa shape index (κ2) is 11.9. The van der Waals surface area contributed by atoms with Gasteiger partial charge in [0.25, 0.3) is 0 Å². The van der Waals surface area contributed by atoms with Gasteiger partial charge in [0.05, 0.1) is 11.4 Å². The van der Waals surface area contributed by atoms with Crippen molar-refractivity contribution in [3.8, 4) is 67.7 Å². The van der Waals surface area contributed by atoms with Crippen molar-refractivity contribution in [2.75, 3.05) is 0 Å². The average molecular weight is 725 g/mol. The van der Waals surface area contributed by atoms with Crippen LogP contribution in [0.3, 0.4) is 0 Å². The predicted molar refractivity (Wildman–Crippen MR) is 226 cm³/mol. The highest BCUT2D eigenvalue weighted by Crippen LogP contribution is 2.71. The maximum Gasteiger partial charge on any atom is 0.160 e. The molecule has 0 saturated heterocycles. The minimum Gasteiger partial charge on any atom is -0.457 e. The van der Waals surface area contributed by atoms with Crippen LogP contribution >= 0.6 is 0 Å². The minimum absolute atomic E-state index is 0.0138. The zero-order valence-corrected chi connectivity index (χ0v) is 32.0. The van der Waals surface area contributed by atoms with E-state index in [0.29, 0.717) is 11.8 Å². The first kappa shape index (κ1) is 32.4. The van der Waals surface area contributed by atoms with Crippen molar-refractivity contribution in [1.82, 2.24) is 9.97 Å². The molecule has 13 rings (SSSR count). The van der Waals surface area contributed by atoms with Gasteiger partial charge < -0.3 is 4.74 Å². The Hall–Kier alpha value is -5.80. The zero-order chi connectivity index (χ0) is 37.2. The standard InChI is InChI=1S/C53H44N2O/c1-52(2)42-18-9-10-19-47(42)56-48-23-22-43-49(50(48)52)41-21-20-38(30-44(41)53(43)39-25-32-24-33(27-39)28-40(53)26-32)51-54-45(35-14-7-4-8-15-35)31-46(55-51)37-17-11-16-36(29-37)34-12-5-3-6-13-34/h3-23,29-33,39-40H,24-28H2,1-2H3. The third-order valence-corrected chi connectivity index (χ3v) is 14.5. The first-order chi connectivity index (χ1) is 27.4. The number of ether oxygens (including phenoxy) is 1. The van der Waals surface area contributed by atoms with Crippen LogP contribution in [-0.4, -0.2) is 9.97 Å². The Labute approximate surface area is 329 Å². The predicted octanol–water partition coefficient (Wildman–Crippen LogP) is 13.3. The van der Waals surface area contributed by atoms with Crippen LogP contribution in [0.5, 0.6) is 11.5 Å². The molecule has 56 heavy (non-hydrogen) atoms. The molecular weight excluding hydrogens is 681 g/mol. The molecule has 5 aliphatic carbocycles. The van der Waals surface area contributed by atoms with E-state index in [9.17, 15) is 0 Å². The fraction of sp³-hybridized carbons (Fsp3) is 0.245. The van der Waals surface area contributed by atoms with Crippen LogP contribution in [0.2, 0.25) is 0 Å². The molecule has 4 bridgehead atoms. The quantitative estimate of drug-likeness (QED) is 0.181. The molecule has 4 fully saturated rings. The summed E-state index contributed by atoms with van der Waals surface area (Å²) in [6.07, 6.45) is 6.75. The molecule has 0 unspecified atom stereocenters. The second-order valence-corrected chi connectivity index (χ2v) is 17.8. The Kier molecular flexibility index (Phi) is 6.87. The van der Waals surface area contributed by atoms with E-state index >= 15 is 0 Å². The summed E-state index contributed by atoms with van der Waals surface area (Å²) in [6, 6.07) is 52.8. The Morgan fingerprint density at radius 2 is 1.12 bits per heavy atom. The van der Waals surface area contributed by atoms with Crippen LogP contribution in [0.25, 0.3) is 56.2 Å². The number of para-hydroxylation sites is 1. The number of rotatable bonds is 4. The molecule has 7 aromatic rings. The normalized spacial score (nSPS) is 24.2. The highest BCUT2D eigenvalue weighted by molar-refractivity contribution is 5.89. The summed E-state index contributed by atoms with van der Waals surface area (Å²) in [7, 11) is 0. The Morgan fingerprint density at radius 1 is 0.482 bits per heavy atom. The van der Waals surface area contributed by atoms with Gasteiger partial charge in [0.2, 0.25) is 0 Å². The summed E-state index contributed by atoms with van der Waals surface area (Å²) >= 11 is 0. The molecule has 1 aromatic heterocycles. The second-order valence-electron chi connectivity index (χ2n) is 17.8. The lowest BCUT2D eigenvalue weighted by Crippen LogP contribution is -2.55. The average Bonchev–Trinajstić information content (AvgIpc) is 3.53. The molecule has 0 amide bonds. The van der Waals surface area contributed by atoms with Crippen molar-refractivity contribution >= 4 is 0 Å². The molecule has 3 heteroatoms. The summed E-state index contributed by atoms with van der Waals surface area (Å²) in [4.78, 5) is 10.8. The van der Waals surface area contributed by atoms with Crippen molar-refractivity contribution in [2.45, 2.75) is 56.8 Å². The van der Waals surface area contributed by atoms with Crippen molar-refractivity contribution in [1.29, 1.82) is 0 Å². The monoisotopic (exact) mass is 724 g/mol. The van der Waals surface area contributed by atoms with Gasteiger partial charge in [-0.3, -0.25) is 0 Å². The van der Waals surface area contributed by atoms with Gasteiger partial charge in [-0.25, -0.2) is 9.97 Å². The van der Waals surface area contributed by atoms with E-state index in [1.54, 1.807) is 5.56 Å². The largest absolute Gasteiger partial charge is 0.457 e. The van der Waals surface area contributed by atoms with Gasteiger partial charge in [0.1, 0.15) is 11.5 Å². The molecule has 1 spiro atoms. The van der Waals surface area contributed by atoms with E-state index in [1.807, 2.05) is 0 Å². The Bertz CT molecular complexity index is 2680. The van der Waals surface area contributed by atoms with Crippen molar-refractivity contribution in [3.63, 3.8) is 0 Å². The molecule has 1 aliphatic heterocycles. The SMILES string of the molecule is CC1(C)c2ccccc2Oc2ccc3c(c21)-c1ccc(-c2nc(-c4ccccc4)cc(-c4cccc(-c5ccccc5)c4)n2)cc1C31C2CC3CC(C2)CC1C3. The molecule has 272 valence electrons. The van der Waals surface area contributed by atoms with E-state index in [2.05, 4.69) is 159 Å². The Balaban J connectivity index is 1.07. The molecule has 3 nitrogen and oxygen atoms in total. The maximum atomic E-state index is 6.77. The number of fused-ring (bicyclic) bond motifs is 6. The van der Waals surface area contributed by atoms with Gasteiger partial charge in [0.15, 0.2) is 5.82 Å². The van der Waals surface area contributed by atoms with Gasteiger partial charge >= 0.3 is 0 Å². The smallest absolute Gasteiger partial charge is 0.160 e. The van der Waals surface area contributed by atoms with Gasteiger partial charge in [-0.2, -0.15) is 0 Å². The minimum atomic E-state index is -0.209. The first-order valence-corrected chi connectivity index (χ1v) is 20.7. The number of hydrogen-bond acceptors (Lipinski definition) is 3. The summed E-state index contributed by atoms with van der Waals surface area (Å²) in [5, 5.41) is 0. The number of nitrogens with zero attached hydrogens (tertiary/aromatic N) is 2. The fourth-order valence-corrected chi connectivity index (χ4v) is 12.4. The van der Waals surface area contributed by atoms with Crippen molar-refractivity contribution in [3.05, 3.63) is 168 Å². The molecular formula is C53H44N2O. The lowest BCUT2D eigenvalue weighted by Gasteiger charge is -2.61. The van der Waals surface area contributed by atoms with E-state index < -0.39 is 0 Å². The van der Waals surface area contributed by atoms with Crippen LogP contribution in [0.4, 0.5) is 0 Å². The molecule has 6 aliphatic rings. The molecule has 0 atom stereocenters. The number of aromatic nitrogens is 2. The fourth-order valence-electron chi connectivity index (χ4n) is 12.4. The lowest BCUT2D eigenvalue weighted by atomic mass is 9.43. The maximum absolute atomic E-state index is 6.77. The third kappa shape index (κ3) is 4.58. The van der Waals surface area contributed by atoms with E-state index in [4.69, 9.17) is 14.7 Å².